The number of benzene rings is 2. The second kappa shape index (κ2) is 8.30. The van der Waals surface area contributed by atoms with Crippen LogP contribution in [0.4, 0.5) is 5.69 Å². The van der Waals surface area contributed by atoms with Crippen molar-refractivity contribution in [2.24, 2.45) is 0 Å². The molecule has 30 heavy (non-hydrogen) atoms. The van der Waals surface area contributed by atoms with E-state index in [4.69, 9.17) is 4.74 Å². The minimum absolute atomic E-state index is 0.0232. The Morgan fingerprint density at radius 1 is 1.20 bits per heavy atom. The van der Waals surface area contributed by atoms with Gasteiger partial charge < -0.3 is 10.1 Å². The lowest BCUT2D eigenvalue weighted by molar-refractivity contribution is -0.128. The van der Waals surface area contributed by atoms with Crippen LogP contribution in [0.15, 0.2) is 53.4 Å². The fourth-order valence-corrected chi connectivity index (χ4v) is 4.73. The summed E-state index contributed by atoms with van der Waals surface area (Å²) in [6.45, 7) is 10.00. The molecule has 0 spiro atoms. The SMILES string of the molecule is CC[C@H](C)NC(=O)[C@@H]1CN(S(=O)(=O)c2ccccc2)c2cc(C(C)(C)C)ccc2O1. The molecule has 1 aliphatic rings. The molecule has 1 N–H and O–H groups in total. The van der Waals surface area contributed by atoms with Crippen molar-refractivity contribution in [3.63, 3.8) is 0 Å². The Morgan fingerprint density at radius 3 is 2.47 bits per heavy atom. The first kappa shape index (κ1) is 22.2. The van der Waals surface area contributed by atoms with E-state index in [-0.39, 0.29) is 28.8 Å². The summed E-state index contributed by atoms with van der Waals surface area (Å²) in [6.07, 6.45) is -0.152. The van der Waals surface area contributed by atoms with Crippen LogP contribution in [0.1, 0.15) is 46.6 Å². The van der Waals surface area contributed by atoms with E-state index in [2.05, 4.69) is 26.1 Å². The first-order valence-corrected chi connectivity index (χ1v) is 11.7. The number of ether oxygens (including phenoxy) is 1. The third-order valence-electron chi connectivity index (χ3n) is 5.32. The van der Waals surface area contributed by atoms with Gasteiger partial charge in [0.25, 0.3) is 15.9 Å². The Kier molecular flexibility index (Phi) is 6.13. The number of sulfonamides is 1. The molecule has 6 nitrogen and oxygen atoms in total. The van der Waals surface area contributed by atoms with Gasteiger partial charge in [0.15, 0.2) is 6.10 Å². The molecule has 1 amide bonds. The lowest BCUT2D eigenvalue weighted by atomic mass is 9.86. The lowest BCUT2D eigenvalue weighted by Crippen LogP contribution is -2.52. The monoisotopic (exact) mass is 430 g/mol. The quantitative estimate of drug-likeness (QED) is 0.782. The van der Waals surface area contributed by atoms with Gasteiger partial charge in [-0.2, -0.15) is 0 Å². The molecule has 0 saturated heterocycles. The van der Waals surface area contributed by atoms with E-state index >= 15 is 0 Å². The average molecular weight is 431 g/mol. The summed E-state index contributed by atoms with van der Waals surface area (Å²) in [5.74, 6) is 0.0706. The molecule has 0 aliphatic carbocycles. The highest BCUT2D eigenvalue weighted by atomic mass is 32.2. The van der Waals surface area contributed by atoms with Gasteiger partial charge in [-0.3, -0.25) is 9.10 Å². The number of nitrogens with one attached hydrogen (secondary N) is 1. The number of fused-ring (bicyclic) bond motifs is 1. The van der Waals surface area contributed by atoms with E-state index in [1.807, 2.05) is 26.0 Å². The zero-order chi connectivity index (χ0) is 22.1. The summed E-state index contributed by atoms with van der Waals surface area (Å²) in [4.78, 5) is 12.9. The largest absolute Gasteiger partial charge is 0.476 e. The first-order valence-electron chi connectivity index (χ1n) is 10.2. The van der Waals surface area contributed by atoms with Crippen molar-refractivity contribution in [2.75, 3.05) is 10.8 Å². The molecule has 0 bridgehead atoms. The van der Waals surface area contributed by atoms with Gasteiger partial charge in [0, 0.05) is 6.04 Å². The Morgan fingerprint density at radius 2 is 1.87 bits per heavy atom. The van der Waals surface area contributed by atoms with Crippen LogP contribution in [0, 0.1) is 0 Å². The van der Waals surface area contributed by atoms with E-state index in [0.29, 0.717) is 11.4 Å². The lowest BCUT2D eigenvalue weighted by Gasteiger charge is -2.36. The molecular formula is C23H30N2O4S. The third-order valence-corrected chi connectivity index (χ3v) is 7.11. The van der Waals surface area contributed by atoms with Gasteiger partial charge in [0.05, 0.1) is 17.1 Å². The van der Waals surface area contributed by atoms with Crippen molar-refractivity contribution < 1.29 is 17.9 Å². The van der Waals surface area contributed by atoms with Gasteiger partial charge in [-0.15, -0.1) is 0 Å². The van der Waals surface area contributed by atoms with Crippen molar-refractivity contribution in [1.82, 2.24) is 5.32 Å². The van der Waals surface area contributed by atoms with E-state index in [1.54, 1.807) is 36.4 Å². The zero-order valence-electron chi connectivity index (χ0n) is 18.2. The van der Waals surface area contributed by atoms with Gasteiger partial charge in [-0.05, 0) is 48.6 Å². The highest BCUT2D eigenvalue weighted by molar-refractivity contribution is 7.92. The molecule has 2 atom stereocenters. The summed E-state index contributed by atoms with van der Waals surface area (Å²) in [7, 11) is -3.86. The minimum atomic E-state index is -3.86. The van der Waals surface area contributed by atoms with Crippen molar-refractivity contribution in [3.05, 3.63) is 54.1 Å². The van der Waals surface area contributed by atoms with Gasteiger partial charge in [-0.25, -0.2) is 8.42 Å². The van der Waals surface area contributed by atoms with Gasteiger partial charge in [0.1, 0.15) is 5.75 Å². The van der Waals surface area contributed by atoms with Crippen LogP contribution < -0.4 is 14.4 Å². The number of carbonyl (C=O) groups excluding carboxylic acids is 1. The summed E-state index contributed by atoms with van der Waals surface area (Å²) in [6, 6.07) is 13.8. The Bertz CT molecular complexity index is 1010. The number of hydrogen-bond acceptors (Lipinski definition) is 4. The van der Waals surface area contributed by atoms with Gasteiger partial charge >= 0.3 is 0 Å². The maximum Gasteiger partial charge on any atom is 0.264 e. The summed E-state index contributed by atoms with van der Waals surface area (Å²) >= 11 is 0. The van der Waals surface area contributed by atoms with Crippen molar-refractivity contribution in [3.8, 4) is 5.75 Å². The fourth-order valence-electron chi connectivity index (χ4n) is 3.24. The zero-order valence-corrected chi connectivity index (χ0v) is 19.0. The number of hydrogen-bond donors (Lipinski definition) is 1. The second-order valence-corrected chi connectivity index (χ2v) is 10.6. The number of amides is 1. The standard InChI is InChI=1S/C23H30N2O4S/c1-6-16(2)24-22(26)21-15-25(30(27,28)18-10-8-7-9-11-18)19-14-17(23(3,4)5)12-13-20(19)29-21/h7-14,16,21H,6,15H2,1-5H3,(H,24,26)/t16-,21-/m0/s1. The van der Waals surface area contributed by atoms with Crippen LogP contribution in [-0.2, 0) is 20.2 Å². The summed E-state index contributed by atoms with van der Waals surface area (Å²) in [5.41, 5.74) is 1.28. The first-order chi connectivity index (χ1) is 14.0. The number of nitrogens with zero attached hydrogens (tertiary/aromatic N) is 1. The molecule has 162 valence electrons. The molecule has 2 aromatic carbocycles. The Labute approximate surface area is 179 Å². The number of rotatable bonds is 5. The molecular weight excluding hydrogens is 400 g/mol. The average Bonchev–Trinajstić information content (AvgIpc) is 2.72. The molecule has 7 heteroatoms. The molecule has 0 unspecified atom stereocenters. The number of carbonyl (C=O) groups is 1. The molecule has 3 rings (SSSR count). The van der Waals surface area contributed by atoms with Gasteiger partial charge in [-0.1, -0.05) is 52.0 Å². The van der Waals surface area contributed by atoms with E-state index < -0.39 is 16.1 Å². The molecule has 0 aromatic heterocycles. The number of anilines is 1. The molecule has 0 radical (unpaired) electrons. The van der Waals surface area contributed by atoms with Gasteiger partial charge in [0.2, 0.25) is 0 Å². The van der Waals surface area contributed by atoms with Crippen LogP contribution in [-0.4, -0.2) is 33.0 Å². The van der Waals surface area contributed by atoms with Crippen molar-refractivity contribution in [1.29, 1.82) is 0 Å². The predicted molar refractivity (Wildman–Crippen MR) is 118 cm³/mol. The highest BCUT2D eigenvalue weighted by Crippen LogP contribution is 2.40. The third kappa shape index (κ3) is 4.46. The summed E-state index contributed by atoms with van der Waals surface area (Å²) < 4.78 is 34.2. The minimum Gasteiger partial charge on any atom is -0.476 e. The predicted octanol–water partition coefficient (Wildman–Crippen LogP) is 3.86. The maximum atomic E-state index is 13.5. The molecule has 0 saturated carbocycles. The van der Waals surface area contributed by atoms with Crippen LogP contribution in [0.25, 0.3) is 0 Å². The Hall–Kier alpha value is -2.54. The fraction of sp³-hybridized carbons (Fsp3) is 0.435. The van der Waals surface area contributed by atoms with E-state index in [9.17, 15) is 13.2 Å². The Balaban J connectivity index is 2.08. The molecule has 1 aliphatic heterocycles. The van der Waals surface area contributed by atoms with E-state index in [1.165, 1.54) is 4.31 Å². The summed E-state index contributed by atoms with van der Waals surface area (Å²) in [5, 5.41) is 2.89. The maximum absolute atomic E-state index is 13.5. The molecule has 2 aromatic rings. The topological polar surface area (TPSA) is 75.7 Å². The second-order valence-electron chi connectivity index (χ2n) is 8.71. The van der Waals surface area contributed by atoms with Crippen LogP contribution >= 0.6 is 0 Å². The van der Waals surface area contributed by atoms with Crippen LogP contribution in [0.2, 0.25) is 0 Å². The smallest absolute Gasteiger partial charge is 0.264 e. The molecule has 0 fully saturated rings. The molecule has 1 heterocycles. The normalized spacial score (nSPS) is 17.6. The van der Waals surface area contributed by atoms with Crippen LogP contribution in [0.5, 0.6) is 5.75 Å². The van der Waals surface area contributed by atoms with E-state index in [0.717, 1.165) is 12.0 Å². The van der Waals surface area contributed by atoms with Crippen molar-refractivity contribution in [2.45, 2.75) is 63.5 Å². The van der Waals surface area contributed by atoms with Crippen LogP contribution in [0.3, 0.4) is 0 Å². The van der Waals surface area contributed by atoms with Crippen molar-refractivity contribution >= 4 is 21.6 Å². The highest BCUT2D eigenvalue weighted by Gasteiger charge is 2.38.